The van der Waals surface area contributed by atoms with Crippen molar-refractivity contribution in [1.29, 1.82) is 0 Å². The quantitative estimate of drug-likeness (QED) is 0.163. The zero-order valence-corrected chi connectivity index (χ0v) is 35.8. The molecule has 1 aliphatic heterocycles. The number of aromatic nitrogens is 8. The first-order valence-electron chi connectivity index (χ1n) is 21.3. The van der Waals surface area contributed by atoms with Gasteiger partial charge in [0.2, 0.25) is 11.9 Å². The molecule has 2 aliphatic rings. The molecule has 0 amide bonds. The van der Waals surface area contributed by atoms with Crippen LogP contribution in [0.5, 0.6) is 0 Å². The molecule has 0 fully saturated rings. The fraction of sp³-hybridized carbons (Fsp3) is 0.0370. The molecule has 302 valence electrons. The van der Waals surface area contributed by atoms with Crippen molar-refractivity contribution in [3.8, 4) is 46.1 Å². The van der Waals surface area contributed by atoms with Gasteiger partial charge in [-0.25, -0.2) is 9.97 Å². The Kier molecular flexibility index (Phi) is 8.66. The van der Waals surface area contributed by atoms with Crippen molar-refractivity contribution in [2.45, 2.75) is 32.4 Å². The number of nitrogens with zero attached hydrogens (tertiary/aromatic N) is 8. The van der Waals surface area contributed by atoms with E-state index in [0.717, 1.165) is 67.9 Å². The molecule has 0 N–H and O–H groups in total. The highest BCUT2D eigenvalue weighted by Gasteiger charge is 2.29. The molecule has 4 aromatic heterocycles. The van der Waals surface area contributed by atoms with Crippen molar-refractivity contribution in [2.24, 2.45) is 0 Å². The standard InChI is InChI=1S/C54H34N8S2/c1-5-17-33(18-6-1)49-55-50(34-19-7-2-8-20-34)58-53(57-49)61-39-27-15-13-25-37(39)45-41(61)29-31-43-47(45)63-44-32-30-42-46(48(44)64-43)38-26-14-16-28-40(38)62(42)54-59-51(35-21-9-3-10-22-35)56-52(60-54)36-23-11-4-12-24-36/h1-3,5-11,13-32H,4,12H2. The topological polar surface area (TPSA) is 87.2 Å². The summed E-state index contributed by atoms with van der Waals surface area (Å²) in [6, 6.07) is 56.7. The molecule has 13 rings (SSSR count). The average Bonchev–Trinajstić information content (AvgIpc) is 3.90. The van der Waals surface area contributed by atoms with E-state index in [-0.39, 0.29) is 0 Å². The Bertz CT molecular complexity index is 3670. The molecule has 0 radical (unpaired) electrons. The van der Waals surface area contributed by atoms with Gasteiger partial charge in [0.15, 0.2) is 23.3 Å². The molecule has 8 nitrogen and oxygen atoms in total. The third-order valence-corrected chi connectivity index (χ3v) is 14.6. The van der Waals surface area contributed by atoms with E-state index in [1.807, 2.05) is 102 Å². The normalized spacial score (nSPS) is 13.4. The Morgan fingerprint density at radius 3 is 1.25 bits per heavy atom. The summed E-state index contributed by atoms with van der Waals surface area (Å²) in [5.74, 6) is 3.76. The maximum atomic E-state index is 5.20. The molecule has 1 aliphatic carbocycles. The summed E-state index contributed by atoms with van der Waals surface area (Å²) in [6.07, 6.45) is 8.53. The van der Waals surface area contributed by atoms with E-state index >= 15 is 0 Å². The van der Waals surface area contributed by atoms with Crippen molar-refractivity contribution < 1.29 is 0 Å². The summed E-state index contributed by atoms with van der Waals surface area (Å²) < 4.78 is 4.42. The lowest BCUT2D eigenvalue weighted by molar-refractivity contribution is 0.927. The molecule has 7 aromatic carbocycles. The number of fused-ring (bicyclic) bond motifs is 10. The lowest BCUT2D eigenvalue weighted by atomic mass is 10.1. The summed E-state index contributed by atoms with van der Waals surface area (Å²) in [6.45, 7) is 0. The largest absolute Gasteiger partial charge is 0.278 e. The molecule has 0 bridgehead atoms. The molecule has 64 heavy (non-hydrogen) atoms. The monoisotopic (exact) mass is 858 g/mol. The lowest BCUT2D eigenvalue weighted by Crippen LogP contribution is -2.08. The van der Waals surface area contributed by atoms with Gasteiger partial charge in [-0.2, -0.15) is 19.9 Å². The molecule has 0 spiro atoms. The second-order valence-electron chi connectivity index (χ2n) is 15.8. The van der Waals surface area contributed by atoms with E-state index in [4.69, 9.17) is 29.9 Å². The summed E-state index contributed by atoms with van der Waals surface area (Å²) in [7, 11) is 0. The number of hydrogen-bond donors (Lipinski definition) is 0. The number of para-hydroxylation sites is 2. The Morgan fingerprint density at radius 1 is 0.375 bits per heavy atom. The zero-order chi connectivity index (χ0) is 42.1. The number of benzene rings is 7. The molecule has 0 unspecified atom stereocenters. The Labute approximate surface area is 376 Å². The number of rotatable bonds is 6. The van der Waals surface area contributed by atoms with E-state index in [2.05, 4.69) is 112 Å². The van der Waals surface area contributed by atoms with Gasteiger partial charge in [0.1, 0.15) is 0 Å². The maximum absolute atomic E-state index is 5.20. The van der Waals surface area contributed by atoms with Crippen LogP contribution in [0.1, 0.15) is 18.7 Å². The number of hydrogen-bond acceptors (Lipinski definition) is 8. The lowest BCUT2D eigenvalue weighted by Gasteiger charge is -2.21. The minimum absolute atomic E-state index is 0.579. The maximum Gasteiger partial charge on any atom is 0.238 e. The molecule has 10 heteroatoms. The Balaban J connectivity index is 0.988. The summed E-state index contributed by atoms with van der Waals surface area (Å²) >= 11 is 3.66. The van der Waals surface area contributed by atoms with Crippen LogP contribution in [-0.4, -0.2) is 39.0 Å². The fourth-order valence-electron chi connectivity index (χ4n) is 9.02. The van der Waals surface area contributed by atoms with Crippen LogP contribution in [0.4, 0.5) is 0 Å². The minimum Gasteiger partial charge on any atom is -0.278 e. The zero-order valence-electron chi connectivity index (χ0n) is 34.1. The van der Waals surface area contributed by atoms with Crippen LogP contribution in [0.2, 0.25) is 0 Å². The van der Waals surface area contributed by atoms with E-state index in [0.29, 0.717) is 35.2 Å². The van der Waals surface area contributed by atoms with Crippen LogP contribution in [0.3, 0.4) is 0 Å². The van der Waals surface area contributed by atoms with Gasteiger partial charge < -0.3 is 0 Å². The van der Waals surface area contributed by atoms with Crippen molar-refractivity contribution in [3.63, 3.8) is 0 Å². The molecular formula is C54H34N8S2. The molecule has 0 atom stereocenters. The first-order chi connectivity index (χ1) is 31.7. The fourth-order valence-corrected chi connectivity index (χ4v) is 11.6. The van der Waals surface area contributed by atoms with Gasteiger partial charge >= 0.3 is 0 Å². The van der Waals surface area contributed by atoms with E-state index in [1.165, 1.54) is 30.4 Å². The van der Waals surface area contributed by atoms with Gasteiger partial charge in [-0.05, 0) is 49.2 Å². The average molecular weight is 859 g/mol. The Morgan fingerprint density at radius 2 is 0.797 bits per heavy atom. The summed E-state index contributed by atoms with van der Waals surface area (Å²) in [4.78, 5) is 35.6. The van der Waals surface area contributed by atoms with Gasteiger partial charge in [-0.15, -0.1) is 0 Å². The highest BCUT2D eigenvalue weighted by Crippen LogP contribution is 2.56. The first kappa shape index (κ1) is 36.9. The second-order valence-corrected chi connectivity index (χ2v) is 17.9. The van der Waals surface area contributed by atoms with Crippen LogP contribution >= 0.6 is 23.5 Å². The van der Waals surface area contributed by atoms with Crippen molar-refractivity contribution in [3.05, 3.63) is 188 Å². The van der Waals surface area contributed by atoms with Crippen LogP contribution in [0.15, 0.2) is 202 Å². The predicted octanol–water partition coefficient (Wildman–Crippen LogP) is 13.6. The van der Waals surface area contributed by atoms with Crippen molar-refractivity contribution >= 4 is 72.7 Å². The predicted molar refractivity (Wildman–Crippen MR) is 259 cm³/mol. The van der Waals surface area contributed by atoms with Gasteiger partial charge in [0, 0.05) is 63.4 Å². The molecule has 0 saturated heterocycles. The first-order valence-corrected chi connectivity index (χ1v) is 22.9. The number of allylic oxidation sites excluding steroid dienone is 4. The SMILES string of the molecule is C1=CC(c2nc(-c3ccccc3)nc(-n3c4ccccc4c4c5c(ccc43)Sc3c(ccc4c3c3ccccc3n4-c3nc(-c4ccccc4)nc(-c4ccccc4)n3)S5)n2)=CCC1. The summed E-state index contributed by atoms with van der Waals surface area (Å²) in [5, 5.41) is 4.67. The van der Waals surface area contributed by atoms with E-state index in [1.54, 1.807) is 0 Å². The van der Waals surface area contributed by atoms with Gasteiger partial charge in [-0.1, -0.05) is 169 Å². The summed E-state index contributed by atoms with van der Waals surface area (Å²) in [5.41, 5.74) is 8.02. The smallest absolute Gasteiger partial charge is 0.238 e. The van der Waals surface area contributed by atoms with E-state index in [9.17, 15) is 0 Å². The van der Waals surface area contributed by atoms with Crippen molar-refractivity contribution in [2.75, 3.05) is 0 Å². The highest BCUT2D eigenvalue weighted by molar-refractivity contribution is 8.05. The van der Waals surface area contributed by atoms with Crippen LogP contribution in [0, 0.1) is 0 Å². The molecular weight excluding hydrogens is 825 g/mol. The van der Waals surface area contributed by atoms with E-state index < -0.39 is 0 Å². The van der Waals surface area contributed by atoms with Gasteiger partial charge in [0.05, 0.1) is 22.1 Å². The van der Waals surface area contributed by atoms with Gasteiger partial charge in [0.25, 0.3) is 0 Å². The van der Waals surface area contributed by atoms with Gasteiger partial charge in [-0.3, -0.25) is 9.13 Å². The van der Waals surface area contributed by atoms with Crippen molar-refractivity contribution in [1.82, 2.24) is 39.0 Å². The third kappa shape index (κ3) is 6.01. The third-order valence-electron chi connectivity index (χ3n) is 11.9. The van der Waals surface area contributed by atoms with Crippen LogP contribution in [0.25, 0.3) is 95.2 Å². The molecule has 0 saturated carbocycles. The Hall–Kier alpha value is -7.66. The van der Waals surface area contributed by atoms with Crippen LogP contribution < -0.4 is 0 Å². The minimum atomic E-state index is 0.579. The molecule has 11 aromatic rings. The highest BCUT2D eigenvalue weighted by atomic mass is 32.2. The molecule has 5 heterocycles. The second kappa shape index (κ2) is 15.0. The van der Waals surface area contributed by atoms with Crippen LogP contribution in [-0.2, 0) is 0 Å².